The number of piperidine rings is 1. The number of amides is 4. The predicted molar refractivity (Wildman–Crippen MR) is 92.9 cm³/mol. The molecule has 6 nitrogen and oxygen atoms in total. The highest BCUT2D eigenvalue weighted by Gasteiger charge is 2.49. The number of carbonyl (C=O) groups is 3. The maximum Gasteiger partial charge on any atom is 0.332 e. The number of urea groups is 1. The summed E-state index contributed by atoms with van der Waals surface area (Å²) in [6, 6.07) is 1.24. The summed E-state index contributed by atoms with van der Waals surface area (Å²) in [5, 5.41) is 3.01. The molecule has 3 aliphatic rings. The van der Waals surface area contributed by atoms with Crippen LogP contribution in [0.15, 0.2) is 18.2 Å². The second-order valence-electron chi connectivity index (χ2n) is 7.47. The molecular weight excluding hydrogens is 356 g/mol. The normalized spacial score (nSPS) is 25.9. The number of imide groups is 1. The van der Waals surface area contributed by atoms with Crippen molar-refractivity contribution in [3.05, 3.63) is 29.8 Å². The van der Waals surface area contributed by atoms with Gasteiger partial charge in [-0.1, -0.05) is 12.8 Å². The molecule has 2 atom stereocenters. The highest BCUT2D eigenvalue weighted by Crippen LogP contribution is 2.33. The van der Waals surface area contributed by atoms with Crippen molar-refractivity contribution in [2.75, 3.05) is 11.4 Å². The summed E-state index contributed by atoms with van der Waals surface area (Å²) in [5.41, 5.74) is -0.243. The number of hydrogen-bond donors (Lipinski definition) is 1. The van der Waals surface area contributed by atoms with E-state index in [1.807, 2.05) is 0 Å². The second-order valence-corrected chi connectivity index (χ2v) is 7.47. The Bertz CT molecular complexity index is 794. The van der Waals surface area contributed by atoms with E-state index in [-0.39, 0.29) is 23.6 Å². The maximum atomic E-state index is 14.1. The zero-order valence-electron chi connectivity index (χ0n) is 14.8. The van der Waals surface area contributed by atoms with Crippen LogP contribution >= 0.6 is 0 Å². The van der Waals surface area contributed by atoms with Gasteiger partial charge in [0, 0.05) is 24.6 Å². The molecule has 4 amide bonds. The van der Waals surface area contributed by atoms with Crippen molar-refractivity contribution in [3.8, 4) is 0 Å². The number of fused-ring (bicyclic) bond motifs is 1. The highest BCUT2D eigenvalue weighted by atomic mass is 19.1. The summed E-state index contributed by atoms with van der Waals surface area (Å²) in [6.07, 6.45) is 4.76. The fourth-order valence-electron chi connectivity index (χ4n) is 4.32. The fraction of sp³-hybridized carbons (Fsp3) is 0.526. The van der Waals surface area contributed by atoms with Crippen molar-refractivity contribution in [2.45, 2.75) is 50.6 Å². The molecule has 0 radical (unpaired) electrons. The minimum absolute atomic E-state index is 0.0177. The van der Waals surface area contributed by atoms with Crippen molar-refractivity contribution in [1.29, 1.82) is 0 Å². The Labute approximate surface area is 155 Å². The number of carbonyl (C=O) groups excluding carboxylic acids is 3. The fourth-order valence-corrected chi connectivity index (χ4v) is 4.32. The summed E-state index contributed by atoms with van der Waals surface area (Å²) in [5.74, 6) is -2.21. The van der Waals surface area contributed by atoms with E-state index in [1.54, 1.807) is 0 Å². The van der Waals surface area contributed by atoms with Gasteiger partial charge in [-0.2, -0.15) is 0 Å². The zero-order chi connectivity index (χ0) is 19.1. The van der Waals surface area contributed by atoms with Gasteiger partial charge in [0.05, 0.1) is 5.69 Å². The number of halogens is 2. The molecule has 3 fully saturated rings. The largest absolute Gasteiger partial charge is 0.353 e. The lowest BCUT2D eigenvalue weighted by molar-refractivity contribution is -0.127. The molecule has 1 aliphatic carbocycles. The van der Waals surface area contributed by atoms with Crippen molar-refractivity contribution >= 4 is 23.5 Å². The quantitative estimate of drug-likeness (QED) is 0.823. The van der Waals surface area contributed by atoms with Crippen molar-refractivity contribution in [1.82, 2.24) is 10.2 Å². The number of benzene rings is 1. The molecule has 27 heavy (non-hydrogen) atoms. The topological polar surface area (TPSA) is 69.7 Å². The van der Waals surface area contributed by atoms with E-state index in [0.29, 0.717) is 25.5 Å². The molecule has 144 valence electrons. The Balaban J connectivity index is 1.48. The van der Waals surface area contributed by atoms with E-state index in [9.17, 15) is 23.2 Å². The third kappa shape index (κ3) is 3.17. The minimum Gasteiger partial charge on any atom is -0.353 e. The van der Waals surface area contributed by atoms with Gasteiger partial charge in [-0.05, 0) is 37.8 Å². The average molecular weight is 377 g/mol. The monoisotopic (exact) mass is 377 g/mol. The van der Waals surface area contributed by atoms with Crippen LogP contribution in [0, 0.1) is 17.6 Å². The van der Waals surface area contributed by atoms with Gasteiger partial charge in [-0.15, -0.1) is 0 Å². The molecule has 0 spiro atoms. The van der Waals surface area contributed by atoms with Crippen LogP contribution in [0.1, 0.15) is 38.5 Å². The first-order chi connectivity index (χ1) is 13.0. The Hall–Kier alpha value is -2.51. The number of nitrogens with zero attached hydrogens (tertiary/aromatic N) is 2. The van der Waals surface area contributed by atoms with E-state index in [2.05, 4.69) is 5.32 Å². The van der Waals surface area contributed by atoms with Crippen molar-refractivity contribution in [3.63, 3.8) is 0 Å². The SMILES string of the molecule is O=C(NC1CCN2C(=O)N(c3ccc(F)cc3F)C(=O)C2C1)C1CCCC1. The standard InChI is InChI=1S/C19H21F2N3O3/c20-12-5-6-15(14(21)9-12)24-18(26)16-10-13(7-8-23(16)19(24)27)22-17(25)11-3-1-2-4-11/h5-6,9,11,13,16H,1-4,7-8,10H2,(H,22,25). The molecular formula is C19H21F2N3O3. The summed E-state index contributed by atoms with van der Waals surface area (Å²) < 4.78 is 27.2. The average Bonchev–Trinajstić information content (AvgIpc) is 3.25. The molecule has 1 N–H and O–H groups in total. The number of anilines is 1. The first kappa shape index (κ1) is 17.9. The molecule has 2 saturated heterocycles. The van der Waals surface area contributed by atoms with Crippen LogP contribution < -0.4 is 10.2 Å². The van der Waals surface area contributed by atoms with E-state index in [1.165, 1.54) is 4.90 Å². The van der Waals surface area contributed by atoms with Gasteiger partial charge in [0.25, 0.3) is 5.91 Å². The van der Waals surface area contributed by atoms with Crippen LogP contribution in [0.2, 0.25) is 0 Å². The highest BCUT2D eigenvalue weighted by molar-refractivity contribution is 6.21. The lowest BCUT2D eigenvalue weighted by Gasteiger charge is -2.33. The molecule has 2 heterocycles. The molecule has 4 rings (SSSR count). The Morgan fingerprint density at radius 3 is 2.56 bits per heavy atom. The van der Waals surface area contributed by atoms with Gasteiger partial charge in [-0.3, -0.25) is 9.59 Å². The Morgan fingerprint density at radius 2 is 1.85 bits per heavy atom. The van der Waals surface area contributed by atoms with Gasteiger partial charge in [0.1, 0.15) is 17.7 Å². The van der Waals surface area contributed by atoms with Crippen LogP contribution in [0.3, 0.4) is 0 Å². The lowest BCUT2D eigenvalue weighted by Crippen LogP contribution is -2.50. The van der Waals surface area contributed by atoms with Crippen LogP contribution in [0.25, 0.3) is 0 Å². The maximum absolute atomic E-state index is 14.1. The van der Waals surface area contributed by atoms with Crippen LogP contribution in [-0.2, 0) is 9.59 Å². The predicted octanol–water partition coefficient (Wildman–Crippen LogP) is 2.57. The van der Waals surface area contributed by atoms with Gasteiger partial charge in [0.15, 0.2) is 0 Å². The van der Waals surface area contributed by atoms with Gasteiger partial charge in [0.2, 0.25) is 5.91 Å². The smallest absolute Gasteiger partial charge is 0.332 e. The first-order valence-electron chi connectivity index (χ1n) is 9.35. The molecule has 2 aliphatic heterocycles. The third-order valence-corrected chi connectivity index (χ3v) is 5.77. The summed E-state index contributed by atoms with van der Waals surface area (Å²) in [4.78, 5) is 39.9. The summed E-state index contributed by atoms with van der Waals surface area (Å²) in [6.45, 7) is 0.310. The molecule has 0 bridgehead atoms. The Morgan fingerprint density at radius 1 is 1.11 bits per heavy atom. The van der Waals surface area contributed by atoms with Crippen LogP contribution in [0.5, 0.6) is 0 Å². The molecule has 0 aromatic heterocycles. The first-order valence-corrected chi connectivity index (χ1v) is 9.35. The lowest BCUT2D eigenvalue weighted by atomic mass is 9.96. The van der Waals surface area contributed by atoms with E-state index >= 15 is 0 Å². The molecule has 1 aromatic rings. The minimum atomic E-state index is -0.956. The molecule has 8 heteroatoms. The summed E-state index contributed by atoms with van der Waals surface area (Å²) >= 11 is 0. The summed E-state index contributed by atoms with van der Waals surface area (Å²) in [7, 11) is 0. The van der Waals surface area contributed by atoms with Crippen LogP contribution in [-0.4, -0.2) is 41.4 Å². The number of nitrogens with one attached hydrogen (secondary N) is 1. The van der Waals surface area contributed by atoms with Gasteiger partial charge >= 0.3 is 6.03 Å². The molecule has 2 unspecified atom stereocenters. The Kier molecular flexibility index (Phi) is 4.57. The van der Waals surface area contributed by atoms with E-state index in [4.69, 9.17) is 0 Å². The van der Waals surface area contributed by atoms with E-state index < -0.39 is 29.6 Å². The van der Waals surface area contributed by atoms with Crippen molar-refractivity contribution < 1.29 is 23.2 Å². The van der Waals surface area contributed by atoms with E-state index in [0.717, 1.165) is 42.7 Å². The van der Waals surface area contributed by atoms with Gasteiger partial charge < -0.3 is 10.2 Å². The second kappa shape index (κ2) is 6.90. The van der Waals surface area contributed by atoms with Crippen molar-refractivity contribution in [2.24, 2.45) is 5.92 Å². The van der Waals surface area contributed by atoms with Gasteiger partial charge in [-0.25, -0.2) is 18.5 Å². The molecule has 1 saturated carbocycles. The number of hydrogen-bond acceptors (Lipinski definition) is 3. The zero-order valence-corrected chi connectivity index (χ0v) is 14.8. The molecule has 1 aromatic carbocycles. The third-order valence-electron chi connectivity index (χ3n) is 5.77. The number of rotatable bonds is 3. The van der Waals surface area contributed by atoms with Crippen LogP contribution in [0.4, 0.5) is 19.3 Å².